The van der Waals surface area contributed by atoms with Gasteiger partial charge in [0.25, 0.3) is 5.91 Å². The van der Waals surface area contributed by atoms with Gasteiger partial charge in [0, 0.05) is 5.69 Å². The van der Waals surface area contributed by atoms with Crippen LogP contribution in [0.1, 0.15) is 52.6 Å². The summed E-state index contributed by atoms with van der Waals surface area (Å²) in [6.07, 6.45) is -0.531. The predicted molar refractivity (Wildman–Crippen MR) is 153 cm³/mol. The normalized spacial score (nSPS) is 12.7. The highest BCUT2D eigenvalue weighted by atomic mass is 16.6. The predicted octanol–water partition coefficient (Wildman–Crippen LogP) is 5.52. The van der Waals surface area contributed by atoms with Gasteiger partial charge in [-0.15, -0.1) is 0 Å². The van der Waals surface area contributed by atoms with E-state index in [1.807, 2.05) is 56.3 Å². The van der Waals surface area contributed by atoms with Crippen molar-refractivity contribution >= 4 is 34.4 Å². The number of rotatable bonds is 9. The Morgan fingerprint density at radius 1 is 1.00 bits per heavy atom. The number of carbonyl (C=O) groups is 3. The molecule has 0 saturated carbocycles. The molecule has 0 spiro atoms. The van der Waals surface area contributed by atoms with Gasteiger partial charge in [0.1, 0.15) is 30.0 Å². The number of hydrogen-bond acceptors (Lipinski definition) is 6. The van der Waals surface area contributed by atoms with E-state index in [0.717, 1.165) is 15.7 Å². The Hall–Kier alpha value is -4.58. The number of ether oxygens (including phenoxy) is 1. The second kappa shape index (κ2) is 13.0. The lowest BCUT2D eigenvalue weighted by molar-refractivity contribution is -0.140. The third-order valence-electron chi connectivity index (χ3n) is 5.98. The van der Waals surface area contributed by atoms with Gasteiger partial charge in [0.15, 0.2) is 0 Å². The molecule has 3 aromatic carbocycles. The van der Waals surface area contributed by atoms with Crippen molar-refractivity contribution in [2.75, 3.05) is 11.9 Å². The summed E-state index contributed by atoms with van der Waals surface area (Å²) in [6, 6.07) is 18.7. The van der Waals surface area contributed by atoms with E-state index in [1.54, 1.807) is 39.0 Å². The highest BCUT2D eigenvalue weighted by molar-refractivity contribution is 6.00. The van der Waals surface area contributed by atoms with Crippen molar-refractivity contribution in [3.63, 3.8) is 0 Å². The van der Waals surface area contributed by atoms with Gasteiger partial charge >= 0.3 is 6.09 Å². The number of alkyl carbamates (subject to hydrolysis) is 1. The number of aromatic hydroxyl groups is 1. The van der Waals surface area contributed by atoms with Crippen LogP contribution >= 0.6 is 0 Å². The fourth-order valence-electron chi connectivity index (χ4n) is 4.36. The van der Waals surface area contributed by atoms with Gasteiger partial charge in [0.05, 0.1) is 6.07 Å². The lowest BCUT2D eigenvalue weighted by atomic mass is 9.99. The summed E-state index contributed by atoms with van der Waals surface area (Å²) in [5.74, 6) is -1.30. The number of nitriles is 1. The van der Waals surface area contributed by atoms with Crippen molar-refractivity contribution < 1.29 is 24.2 Å². The minimum atomic E-state index is -1.28. The first-order valence-corrected chi connectivity index (χ1v) is 13.1. The minimum Gasteiger partial charge on any atom is -0.508 e. The number of amides is 3. The van der Waals surface area contributed by atoms with Gasteiger partial charge in [-0.1, -0.05) is 56.3 Å². The van der Waals surface area contributed by atoms with E-state index in [4.69, 9.17) is 4.74 Å². The Morgan fingerprint density at radius 2 is 1.70 bits per heavy atom. The number of benzene rings is 3. The lowest BCUT2D eigenvalue weighted by Crippen LogP contribution is -2.52. The quantitative estimate of drug-likeness (QED) is 0.304. The summed E-state index contributed by atoms with van der Waals surface area (Å²) >= 11 is 0. The van der Waals surface area contributed by atoms with E-state index < -0.39 is 42.1 Å². The van der Waals surface area contributed by atoms with E-state index in [9.17, 15) is 24.8 Å². The molecule has 0 aromatic heterocycles. The smallest absolute Gasteiger partial charge is 0.408 e. The SMILES string of the molecule is CC(C)CC(NC(=O)OC(C)(C)C)C(=O)N(CC#N)C(C(=O)Nc1ccc2ccccc2c1)c1cccc(O)c1. The summed E-state index contributed by atoms with van der Waals surface area (Å²) < 4.78 is 5.36. The van der Waals surface area contributed by atoms with Crippen LogP contribution in [-0.4, -0.2) is 46.1 Å². The molecular formula is C31H36N4O5. The Labute approximate surface area is 234 Å². The molecule has 210 valence electrons. The van der Waals surface area contributed by atoms with Crippen molar-refractivity contribution in [3.05, 3.63) is 72.3 Å². The van der Waals surface area contributed by atoms with Crippen molar-refractivity contribution in [2.45, 2.75) is 58.7 Å². The lowest BCUT2D eigenvalue weighted by Gasteiger charge is -2.33. The average molecular weight is 545 g/mol. The Kier molecular flexibility index (Phi) is 9.73. The second-order valence-corrected chi connectivity index (χ2v) is 11.0. The van der Waals surface area contributed by atoms with E-state index in [2.05, 4.69) is 10.6 Å². The van der Waals surface area contributed by atoms with Crippen LogP contribution < -0.4 is 10.6 Å². The maximum absolute atomic E-state index is 14.0. The maximum atomic E-state index is 14.0. The van der Waals surface area contributed by atoms with Crippen LogP contribution in [0, 0.1) is 17.2 Å². The van der Waals surface area contributed by atoms with Crippen LogP contribution in [0.3, 0.4) is 0 Å². The number of phenols is 1. The molecule has 9 nitrogen and oxygen atoms in total. The van der Waals surface area contributed by atoms with E-state index in [0.29, 0.717) is 11.3 Å². The fourth-order valence-corrected chi connectivity index (χ4v) is 4.36. The minimum absolute atomic E-state index is 0.00142. The Bertz CT molecular complexity index is 1410. The molecule has 3 aromatic rings. The average Bonchev–Trinajstić information content (AvgIpc) is 2.86. The van der Waals surface area contributed by atoms with Crippen molar-refractivity contribution in [1.29, 1.82) is 5.26 Å². The molecule has 0 radical (unpaired) electrons. The Balaban J connectivity index is 2.01. The van der Waals surface area contributed by atoms with E-state index in [-0.39, 0.29) is 18.1 Å². The van der Waals surface area contributed by atoms with Crippen molar-refractivity contribution in [1.82, 2.24) is 10.2 Å². The van der Waals surface area contributed by atoms with Crippen LogP contribution in [-0.2, 0) is 14.3 Å². The molecule has 0 fully saturated rings. The molecule has 40 heavy (non-hydrogen) atoms. The van der Waals surface area contributed by atoms with Gasteiger partial charge in [-0.2, -0.15) is 5.26 Å². The van der Waals surface area contributed by atoms with Gasteiger partial charge in [-0.05, 0) is 73.7 Å². The number of carbonyl (C=O) groups excluding carboxylic acids is 3. The van der Waals surface area contributed by atoms with E-state index >= 15 is 0 Å². The summed E-state index contributed by atoms with van der Waals surface area (Å²) in [5.41, 5.74) is 0.0253. The van der Waals surface area contributed by atoms with Crippen LogP contribution in [0.15, 0.2) is 66.7 Å². The molecule has 2 atom stereocenters. The van der Waals surface area contributed by atoms with E-state index in [1.165, 1.54) is 12.1 Å². The van der Waals surface area contributed by atoms with Gasteiger partial charge < -0.3 is 25.4 Å². The van der Waals surface area contributed by atoms with Gasteiger partial charge in [-0.25, -0.2) is 4.79 Å². The Morgan fingerprint density at radius 3 is 2.33 bits per heavy atom. The molecule has 0 saturated heterocycles. The number of nitrogens with zero attached hydrogens (tertiary/aromatic N) is 2. The largest absolute Gasteiger partial charge is 0.508 e. The van der Waals surface area contributed by atoms with Crippen LogP contribution in [0.2, 0.25) is 0 Å². The molecule has 0 aliphatic heterocycles. The molecule has 0 heterocycles. The zero-order valence-electron chi connectivity index (χ0n) is 23.5. The number of nitrogens with one attached hydrogen (secondary N) is 2. The van der Waals surface area contributed by atoms with Crippen molar-refractivity contribution in [3.8, 4) is 11.8 Å². The summed E-state index contributed by atoms with van der Waals surface area (Å²) in [7, 11) is 0. The second-order valence-electron chi connectivity index (χ2n) is 11.0. The molecule has 2 unspecified atom stereocenters. The summed E-state index contributed by atoms with van der Waals surface area (Å²) in [5, 5.41) is 27.3. The number of hydrogen-bond donors (Lipinski definition) is 3. The first-order valence-electron chi connectivity index (χ1n) is 13.1. The summed E-state index contributed by atoms with van der Waals surface area (Å²) in [4.78, 5) is 41.5. The first kappa shape index (κ1) is 30.0. The third kappa shape index (κ3) is 8.21. The molecule has 0 bridgehead atoms. The van der Waals surface area contributed by atoms with Crippen LogP contribution in [0.5, 0.6) is 5.75 Å². The number of anilines is 1. The molecule has 0 aliphatic rings. The standard InChI is InChI=1S/C31H36N4O5/c1-20(2)17-26(34-30(39)40-31(3,4)5)29(38)35(16-15-32)27(23-11-8-12-25(36)19-23)28(37)33-24-14-13-21-9-6-7-10-22(21)18-24/h6-14,18-20,26-27,36H,16-17H2,1-5H3,(H,33,37)(H,34,39). The molecule has 0 aliphatic carbocycles. The number of fused-ring (bicyclic) bond motifs is 1. The fraction of sp³-hybridized carbons (Fsp3) is 0.355. The zero-order valence-corrected chi connectivity index (χ0v) is 23.5. The summed E-state index contributed by atoms with van der Waals surface area (Å²) in [6.45, 7) is 8.49. The van der Waals surface area contributed by atoms with Gasteiger partial charge in [0.2, 0.25) is 5.91 Å². The topological polar surface area (TPSA) is 132 Å². The zero-order chi connectivity index (χ0) is 29.4. The molecule has 3 amide bonds. The molecule has 3 N–H and O–H groups in total. The highest BCUT2D eigenvalue weighted by Crippen LogP contribution is 2.28. The highest BCUT2D eigenvalue weighted by Gasteiger charge is 2.36. The first-order chi connectivity index (χ1) is 18.9. The monoisotopic (exact) mass is 544 g/mol. The van der Waals surface area contributed by atoms with Gasteiger partial charge in [-0.3, -0.25) is 9.59 Å². The molecular weight excluding hydrogens is 508 g/mol. The number of phenolic OH excluding ortho intramolecular Hbond substituents is 1. The van der Waals surface area contributed by atoms with Crippen LogP contribution in [0.25, 0.3) is 10.8 Å². The van der Waals surface area contributed by atoms with Crippen LogP contribution in [0.4, 0.5) is 10.5 Å². The third-order valence-corrected chi connectivity index (χ3v) is 5.98. The maximum Gasteiger partial charge on any atom is 0.408 e. The van der Waals surface area contributed by atoms with Crippen molar-refractivity contribution in [2.24, 2.45) is 5.92 Å². The molecule has 3 rings (SSSR count). The molecule has 9 heteroatoms.